The van der Waals surface area contributed by atoms with Gasteiger partial charge in [0, 0.05) is 12.6 Å². The predicted molar refractivity (Wildman–Crippen MR) is 112 cm³/mol. The van der Waals surface area contributed by atoms with E-state index in [1.54, 1.807) is 12.1 Å². The van der Waals surface area contributed by atoms with Gasteiger partial charge in [0.15, 0.2) is 6.61 Å². The standard InChI is InChI=1S/C21H32N2O6S/c1-4-28-17-8-10-18(11-9-17)30(26,27)22-13-12-21(25)29-14-20(24)23-19-7-5-6-15(2)16(19)3/h8-11,15-16,19,22H,4-7,12-14H2,1-3H3,(H,23,24). The average Bonchev–Trinajstić information content (AvgIpc) is 2.70. The van der Waals surface area contributed by atoms with Gasteiger partial charge in [0.25, 0.3) is 5.91 Å². The van der Waals surface area contributed by atoms with E-state index in [0.29, 0.717) is 24.2 Å². The molecule has 8 nitrogen and oxygen atoms in total. The molecule has 3 atom stereocenters. The second kappa shape index (κ2) is 11.3. The number of hydrogen-bond donors (Lipinski definition) is 2. The first-order valence-corrected chi connectivity index (χ1v) is 11.9. The van der Waals surface area contributed by atoms with E-state index in [1.165, 1.54) is 12.1 Å². The summed E-state index contributed by atoms with van der Waals surface area (Å²) in [6, 6.07) is 6.10. The number of hydrogen-bond acceptors (Lipinski definition) is 6. The van der Waals surface area contributed by atoms with Crippen molar-refractivity contribution in [3.05, 3.63) is 24.3 Å². The minimum atomic E-state index is -3.74. The molecule has 9 heteroatoms. The van der Waals surface area contributed by atoms with E-state index in [2.05, 4.69) is 23.9 Å². The maximum atomic E-state index is 12.3. The second-order valence-corrected chi connectivity index (χ2v) is 9.42. The number of amides is 1. The maximum Gasteiger partial charge on any atom is 0.307 e. The van der Waals surface area contributed by atoms with Crippen molar-refractivity contribution in [1.29, 1.82) is 0 Å². The number of carbonyl (C=O) groups is 2. The number of carbonyl (C=O) groups excluding carboxylic acids is 2. The smallest absolute Gasteiger partial charge is 0.307 e. The van der Waals surface area contributed by atoms with Crippen molar-refractivity contribution >= 4 is 21.9 Å². The Morgan fingerprint density at radius 2 is 1.83 bits per heavy atom. The van der Waals surface area contributed by atoms with E-state index < -0.39 is 16.0 Å². The van der Waals surface area contributed by atoms with E-state index in [9.17, 15) is 18.0 Å². The quantitative estimate of drug-likeness (QED) is 0.540. The first-order valence-electron chi connectivity index (χ1n) is 10.4. The molecular formula is C21H32N2O6S. The lowest BCUT2D eigenvalue weighted by atomic mass is 9.78. The number of nitrogens with one attached hydrogen (secondary N) is 2. The van der Waals surface area contributed by atoms with Crippen LogP contribution in [-0.2, 0) is 24.3 Å². The molecule has 1 amide bonds. The fraction of sp³-hybridized carbons (Fsp3) is 0.619. The van der Waals surface area contributed by atoms with Crippen LogP contribution < -0.4 is 14.8 Å². The van der Waals surface area contributed by atoms with Gasteiger partial charge in [-0.25, -0.2) is 13.1 Å². The van der Waals surface area contributed by atoms with Crippen molar-refractivity contribution in [2.24, 2.45) is 11.8 Å². The Hall–Kier alpha value is -2.13. The SMILES string of the molecule is CCOc1ccc(S(=O)(=O)NCCC(=O)OCC(=O)NC2CCCC(C)C2C)cc1. The number of rotatable bonds is 10. The minimum Gasteiger partial charge on any atom is -0.494 e. The van der Waals surface area contributed by atoms with Gasteiger partial charge in [0.05, 0.1) is 17.9 Å². The summed E-state index contributed by atoms with van der Waals surface area (Å²) in [6.45, 7) is 6.15. The second-order valence-electron chi connectivity index (χ2n) is 7.65. The third kappa shape index (κ3) is 7.28. The van der Waals surface area contributed by atoms with Crippen molar-refractivity contribution < 1.29 is 27.5 Å². The number of ether oxygens (including phenoxy) is 2. The summed E-state index contributed by atoms with van der Waals surface area (Å²) in [4.78, 5) is 24.0. The summed E-state index contributed by atoms with van der Waals surface area (Å²) in [7, 11) is -3.74. The zero-order chi connectivity index (χ0) is 22.1. The van der Waals surface area contributed by atoms with E-state index in [1.807, 2.05) is 6.92 Å². The predicted octanol–water partition coefficient (Wildman–Crippen LogP) is 2.24. The van der Waals surface area contributed by atoms with Gasteiger partial charge in [-0.1, -0.05) is 26.7 Å². The van der Waals surface area contributed by atoms with Crippen LogP contribution in [0.1, 0.15) is 46.5 Å². The summed E-state index contributed by atoms with van der Waals surface area (Å²) >= 11 is 0. The number of benzene rings is 1. The Morgan fingerprint density at radius 1 is 1.13 bits per heavy atom. The molecule has 0 bridgehead atoms. The zero-order valence-electron chi connectivity index (χ0n) is 17.8. The van der Waals surface area contributed by atoms with Crippen LogP contribution in [0.15, 0.2) is 29.2 Å². The molecule has 1 saturated carbocycles. The van der Waals surface area contributed by atoms with Crippen molar-refractivity contribution in [2.45, 2.75) is 57.4 Å². The largest absolute Gasteiger partial charge is 0.494 e. The molecule has 1 aliphatic carbocycles. The first kappa shape index (κ1) is 24.1. The van der Waals surface area contributed by atoms with Crippen LogP contribution in [0.3, 0.4) is 0 Å². The van der Waals surface area contributed by atoms with E-state index >= 15 is 0 Å². The summed E-state index contributed by atoms with van der Waals surface area (Å²) in [5.74, 6) is 0.551. The normalized spacial score (nSPS) is 21.6. The molecule has 0 saturated heterocycles. The summed E-state index contributed by atoms with van der Waals surface area (Å²) in [5.41, 5.74) is 0. The highest BCUT2D eigenvalue weighted by atomic mass is 32.2. The van der Waals surface area contributed by atoms with Gasteiger partial charge >= 0.3 is 5.97 Å². The molecule has 0 heterocycles. The summed E-state index contributed by atoms with van der Waals surface area (Å²) in [5, 5.41) is 2.93. The molecule has 168 valence electrons. The van der Waals surface area contributed by atoms with Gasteiger partial charge in [0.1, 0.15) is 5.75 Å². The molecule has 0 spiro atoms. The van der Waals surface area contributed by atoms with Gasteiger partial charge in [-0.3, -0.25) is 9.59 Å². The van der Waals surface area contributed by atoms with Crippen LogP contribution in [0.5, 0.6) is 5.75 Å². The highest BCUT2D eigenvalue weighted by Gasteiger charge is 2.28. The van der Waals surface area contributed by atoms with Crippen LogP contribution in [0.4, 0.5) is 0 Å². The van der Waals surface area contributed by atoms with Crippen LogP contribution in [0, 0.1) is 11.8 Å². The van der Waals surface area contributed by atoms with Crippen LogP contribution in [-0.4, -0.2) is 46.1 Å². The van der Waals surface area contributed by atoms with Crippen molar-refractivity contribution in [3.63, 3.8) is 0 Å². The molecule has 30 heavy (non-hydrogen) atoms. The van der Waals surface area contributed by atoms with E-state index in [-0.39, 0.29) is 36.4 Å². The molecule has 2 N–H and O–H groups in total. The third-order valence-corrected chi connectivity index (χ3v) is 6.96. The van der Waals surface area contributed by atoms with Crippen molar-refractivity contribution in [3.8, 4) is 5.75 Å². The lowest BCUT2D eigenvalue weighted by Crippen LogP contribution is -2.45. The Balaban J connectivity index is 1.70. The van der Waals surface area contributed by atoms with Gasteiger partial charge in [0.2, 0.25) is 10.0 Å². The molecule has 0 aromatic heterocycles. The monoisotopic (exact) mass is 440 g/mol. The molecule has 1 fully saturated rings. The average molecular weight is 441 g/mol. The van der Waals surface area contributed by atoms with Crippen LogP contribution in [0.2, 0.25) is 0 Å². The summed E-state index contributed by atoms with van der Waals surface area (Å²) < 4.78 is 37.1. The first-order chi connectivity index (χ1) is 14.2. The zero-order valence-corrected chi connectivity index (χ0v) is 18.7. The fourth-order valence-electron chi connectivity index (χ4n) is 3.50. The number of sulfonamides is 1. The Bertz CT molecular complexity index is 809. The topological polar surface area (TPSA) is 111 Å². The molecule has 0 aliphatic heterocycles. The Kier molecular flexibility index (Phi) is 9.10. The van der Waals surface area contributed by atoms with Gasteiger partial charge in [-0.05, 0) is 49.4 Å². The lowest BCUT2D eigenvalue weighted by Gasteiger charge is -2.34. The Morgan fingerprint density at radius 3 is 2.50 bits per heavy atom. The molecular weight excluding hydrogens is 408 g/mol. The highest BCUT2D eigenvalue weighted by Crippen LogP contribution is 2.29. The maximum absolute atomic E-state index is 12.3. The Labute approximate surface area is 178 Å². The molecule has 1 aromatic carbocycles. The van der Waals surface area contributed by atoms with Crippen molar-refractivity contribution in [2.75, 3.05) is 19.8 Å². The number of esters is 1. The molecule has 2 rings (SSSR count). The third-order valence-electron chi connectivity index (χ3n) is 5.48. The molecule has 0 radical (unpaired) electrons. The highest BCUT2D eigenvalue weighted by molar-refractivity contribution is 7.89. The van der Waals surface area contributed by atoms with E-state index in [4.69, 9.17) is 9.47 Å². The van der Waals surface area contributed by atoms with Gasteiger partial charge in [-0.15, -0.1) is 0 Å². The van der Waals surface area contributed by atoms with Crippen LogP contribution >= 0.6 is 0 Å². The summed E-state index contributed by atoms with van der Waals surface area (Å²) in [6.07, 6.45) is 3.00. The fourth-order valence-corrected chi connectivity index (χ4v) is 4.54. The lowest BCUT2D eigenvalue weighted by molar-refractivity contribution is -0.148. The van der Waals surface area contributed by atoms with Gasteiger partial charge < -0.3 is 14.8 Å². The molecule has 1 aliphatic rings. The molecule has 1 aromatic rings. The van der Waals surface area contributed by atoms with Gasteiger partial charge in [-0.2, -0.15) is 0 Å². The molecule has 3 unspecified atom stereocenters. The minimum absolute atomic E-state index is 0.0783. The van der Waals surface area contributed by atoms with E-state index in [0.717, 1.165) is 19.3 Å². The van der Waals surface area contributed by atoms with Crippen molar-refractivity contribution in [1.82, 2.24) is 10.0 Å². The van der Waals surface area contributed by atoms with Crippen LogP contribution in [0.25, 0.3) is 0 Å².